The zero-order valence-electron chi connectivity index (χ0n) is 12.1. The van der Waals surface area contributed by atoms with Crippen molar-refractivity contribution in [1.82, 2.24) is 10.6 Å². The third kappa shape index (κ3) is 3.52. The molecule has 21 heavy (non-hydrogen) atoms. The van der Waals surface area contributed by atoms with Crippen LogP contribution in [-0.4, -0.2) is 18.0 Å². The van der Waals surface area contributed by atoms with Crippen molar-refractivity contribution in [2.75, 3.05) is 0 Å². The quantitative estimate of drug-likeness (QED) is 0.857. The predicted molar refractivity (Wildman–Crippen MR) is 80.8 cm³/mol. The lowest BCUT2D eigenvalue weighted by Gasteiger charge is -2.22. The molecule has 1 aromatic heterocycles. The van der Waals surface area contributed by atoms with Gasteiger partial charge in [0.15, 0.2) is 0 Å². The SMILES string of the molecule is C[C@H](N[C@@H](c1ccccc1)c1ccco1)C(=O)NC1CC1. The highest BCUT2D eigenvalue weighted by molar-refractivity contribution is 5.82. The van der Waals surface area contributed by atoms with Gasteiger partial charge in [0.1, 0.15) is 5.76 Å². The van der Waals surface area contributed by atoms with E-state index < -0.39 is 0 Å². The minimum atomic E-state index is -0.277. The summed E-state index contributed by atoms with van der Waals surface area (Å²) in [4.78, 5) is 12.1. The Morgan fingerprint density at radius 2 is 1.95 bits per heavy atom. The third-order valence-electron chi connectivity index (χ3n) is 3.69. The molecule has 2 aromatic rings. The van der Waals surface area contributed by atoms with Crippen LogP contribution in [0.2, 0.25) is 0 Å². The second-order valence-corrected chi connectivity index (χ2v) is 5.53. The molecule has 0 spiro atoms. The fourth-order valence-corrected chi connectivity index (χ4v) is 2.32. The van der Waals surface area contributed by atoms with E-state index in [4.69, 9.17) is 4.42 Å². The van der Waals surface area contributed by atoms with E-state index in [9.17, 15) is 4.79 Å². The van der Waals surface area contributed by atoms with Crippen LogP contribution in [0.1, 0.15) is 37.1 Å². The molecule has 1 fully saturated rings. The summed E-state index contributed by atoms with van der Waals surface area (Å²) in [5.74, 6) is 0.859. The molecule has 1 aromatic carbocycles. The first-order valence-electron chi connectivity index (χ1n) is 7.39. The molecule has 0 aliphatic heterocycles. The molecule has 1 aliphatic carbocycles. The average molecular weight is 284 g/mol. The van der Waals surface area contributed by atoms with Crippen molar-refractivity contribution in [3.8, 4) is 0 Å². The van der Waals surface area contributed by atoms with E-state index in [0.29, 0.717) is 6.04 Å². The van der Waals surface area contributed by atoms with E-state index in [0.717, 1.165) is 24.2 Å². The van der Waals surface area contributed by atoms with Gasteiger partial charge < -0.3 is 9.73 Å². The Balaban J connectivity index is 1.74. The molecule has 0 bridgehead atoms. The van der Waals surface area contributed by atoms with Gasteiger partial charge in [0.25, 0.3) is 0 Å². The first-order chi connectivity index (χ1) is 10.2. The Morgan fingerprint density at radius 3 is 2.57 bits per heavy atom. The molecule has 1 amide bonds. The maximum Gasteiger partial charge on any atom is 0.237 e. The number of furan rings is 1. The number of benzene rings is 1. The maximum absolute atomic E-state index is 12.1. The van der Waals surface area contributed by atoms with E-state index >= 15 is 0 Å². The molecule has 1 heterocycles. The van der Waals surface area contributed by atoms with Gasteiger partial charge in [-0.05, 0) is 37.5 Å². The first kappa shape index (κ1) is 13.9. The second-order valence-electron chi connectivity index (χ2n) is 5.53. The van der Waals surface area contributed by atoms with Gasteiger partial charge in [-0.25, -0.2) is 0 Å². The van der Waals surface area contributed by atoms with Gasteiger partial charge in [-0.2, -0.15) is 0 Å². The van der Waals surface area contributed by atoms with Crippen LogP contribution in [-0.2, 0) is 4.79 Å². The van der Waals surface area contributed by atoms with Crippen LogP contribution >= 0.6 is 0 Å². The fraction of sp³-hybridized carbons (Fsp3) is 0.353. The van der Waals surface area contributed by atoms with Crippen molar-refractivity contribution in [2.24, 2.45) is 0 Å². The third-order valence-corrected chi connectivity index (χ3v) is 3.69. The zero-order valence-corrected chi connectivity index (χ0v) is 12.1. The maximum atomic E-state index is 12.1. The van der Waals surface area contributed by atoms with Gasteiger partial charge in [-0.3, -0.25) is 10.1 Å². The minimum absolute atomic E-state index is 0.0463. The normalized spacial score (nSPS) is 17.2. The smallest absolute Gasteiger partial charge is 0.237 e. The van der Waals surface area contributed by atoms with E-state index in [1.807, 2.05) is 49.4 Å². The summed E-state index contributed by atoms with van der Waals surface area (Å²) >= 11 is 0. The van der Waals surface area contributed by atoms with Crippen LogP contribution in [0, 0.1) is 0 Å². The molecule has 1 aliphatic rings. The van der Waals surface area contributed by atoms with Crippen molar-refractivity contribution >= 4 is 5.91 Å². The van der Waals surface area contributed by atoms with Gasteiger partial charge >= 0.3 is 0 Å². The van der Waals surface area contributed by atoms with Gasteiger partial charge in [-0.1, -0.05) is 30.3 Å². The molecule has 2 N–H and O–H groups in total. The molecule has 0 radical (unpaired) electrons. The molecule has 110 valence electrons. The Labute approximate surface area is 124 Å². The predicted octanol–water partition coefficient (Wildman–Crippen LogP) is 2.63. The molecule has 0 unspecified atom stereocenters. The van der Waals surface area contributed by atoms with Crippen molar-refractivity contribution in [3.63, 3.8) is 0 Å². The number of hydrogen-bond donors (Lipinski definition) is 2. The number of hydrogen-bond acceptors (Lipinski definition) is 3. The number of nitrogens with one attached hydrogen (secondary N) is 2. The van der Waals surface area contributed by atoms with Gasteiger partial charge in [0.2, 0.25) is 5.91 Å². The highest BCUT2D eigenvalue weighted by atomic mass is 16.3. The highest BCUT2D eigenvalue weighted by Gasteiger charge is 2.27. The number of carbonyl (C=O) groups is 1. The standard InChI is InChI=1S/C17H20N2O2/c1-12(17(20)19-14-9-10-14)18-16(15-8-5-11-21-15)13-6-3-2-4-7-13/h2-8,11-12,14,16,18H,9-10H2,1H3,(H,19,20)/t12-,16-/m0/s1. The summed E-state index contributed by atoms with van der Waals surface area (Å²) in [6.45, 7) is 1.89. The fourth-order valence-electron chi connectivity index (χ4n) is 2.32. The lowest BCUT2D eigenvalue weighted by molar-refractivity contribution is -0.123. The summed E-state index contributed by atoms with van der Waals surface area (Å²) in [6, 6.07) is 13.8. The average Bonchev–Trinajstić information content (AvgIpc) is 3.16. The summed E-state index contributed by atoms with van der Waals surface area (Å²) in [5, 5.41) is 6.39. The minimum Gasteiger partial charge on any atom is -0.467 e. The Bertz CT molecular complexity index is 576. The summed E-state index contributed by atoms with van der Waals surface area (Å²) in [6.07, 6.45) is 3.85. The topological polar surface area (TPSA) is 54.3 Å². The van der Waals surface area contributed by atoms with E-state index in [2.05, 4.69) is 10.6 Å². The summed E-state index contributed by atoms with van der Waals surface area (Å²) in [7, 11) is 0. The van der Waals surface area contributed by atoms with Gasteiger partial charge in [0.05, 0.1) is 18.3 Å². The first-order valence-corrected chi connectivity index (χ1v) is 7.39. The molecule has 0 saturated heterocycles. The van der Waals surface area contributed by atoms with Crippen molar-refractivity contribution in [1.29, 1.82) is 0 Å². The molecular weight excluding hydrogens is 264 g/mol. The Kier molecular flexibility index (Phi) is 4.06. The summed E-state index contributed by atoms with van der Waals surface area (Å²) < 4.78 is 5.53. The van der Waals surface area contributed by atoms with Crippen LogP contribution in [0.5, 0.6) is 0 Å². The molecule has 3 rings (SSSR count). The van der Waals surface area contributed by atoms with E-state index in [-0.39, 0.29) is 18.0 Å². The van der Waals surface area contributed by atoms with Crippen LogP contribution in [0.25, 0.3) is 0 Å². The molecule has 2 atom stereocenters. The van der Waals surface area contributed by atoms with Gasteiger partial charge in [0, 0.05) is 6.04 Å². The number of rotatable bonds is 6. The van der Waals surface area contributed by atoms with Crippen molar-refractivity contribution in [3.05, 3.63) is 60.1 Å². The van der Waals surface area contributed by atoms with Crippen LogP contribution in [0.4, 0.5) is 0 Å². The molecule has 4 heteroatoms. The van der Waals surface area contributed by atoms with E-state index in [1.54, 1.807) is 6.26 Å². The Morgan fingerprint density at radius 1 is 1.19 bits per heavy atom. The van der Waals surface area contributed by atoms with Crippen molar-refractivity contribution < 1.29 is 9.21 Å². The largest absolute Gasteiger partial charge is 0.467 e. The van der Waals surface area contributed by atoms with Crippen LogP contribution in [0.3, 0.4) is 0 Å². The Hall–Kier alpha value is -2.07. The van der Waals surface area contributed by atoms with E-state index in [1.165, 1.54) is 0 Å². The lowest BCUT2D eigenvalue weighted by atomic mass is 10.0. The highest BCUT2D eigenvalue weighted by Crippen LogP contribution is 2.23. The van der Waals surface area contributed by atoms with Gasteiger partial charge in [-0.15, -0.1) is 0 Å². The molecular formula is C17H20N2O2. The van der Waals surface area contributed by atoms with Crippen LogP contribution < -0.4 is 10.6 Å². The monoisotopic (exact) mass is 284 g/mol. The lowest BCUT2D eigenvalue weighted by Crippen LogP contribution is -2.44. The molecule has 1 saturated carbocycles. The second kappa shape index (κ2) is 6.14. The zero-order chi connectivity index (χ0) is 14.7. The molecule has 4 nitrogen and oxygen atoms in total. The number of carbonyl (C=O) groups excluding carboxylic acids is 1. The van der Waals surface area contributed by atoms with Crippen molar-refractivity contribution in [2.45, 2.75) is 37.9 Å². The van der Waals surface area contributed by atoms with Crippen LogP contribution in [0.15, 0.2) is 53.1 Å². The summed E-state index contributed by atoms with van der Waals surface area (Å²) in [5.41, 5.74) is 1.08. The number of amides is 1.